The van der Waals surface area contributed by atoms with Crippen molar-refractivity contribution in [3.8, 4) is 11.5 Å². The summed E-state index contributed by atoms with van der Waals surface area (Å²) in [6, 6.07) is 4.82. The highest BCUT2D eigenvalue weighted by Gasteiger charge is 2.36. The molecule has 1 N–H and O–H groups in total. The Bertz CT molecular complexity index is 1440. The Morgan fingerprint density at radius 3 is 2.19 bits per heavy atom. The van der Waals surface area contributed by atoms with E-state index >= 15 is 0 Å². The molecule has 2 aliphatic rings. The van der Waals surface area contributed by atoms with E-state index in [4.69, 9.17) is 9.47 Å². The number of allylic oxidation sites excluding steroid dienone is 4. The molecule has 0 unspecified atom stereocenters. The van der Waals surface area contributed by atoms with Crippen LogP contribution in [0.4, 0.5) is 0 Å². The molecular weight excluding hydrogens is 462 g/mol. The number of fused-ring (bicyclic) bond motifs is 2. The largest absolute Gasteiger partial charge is 0.496 e. The molecule has 0 amide bonds. The topological polar surface area (TPSA) is 116 Å². The number of ether oxygens (including phenoxy) is 2. The van der Waals surface area contributed by atoms with Crippen LogP contribution in [-0.2, 0) is 4.79 Å². The first-order valence-corrected chi connectivity index (χ1v) is 11.4. The van der Waals surface area contributed by atoms with E-state index < -0.39 is 23.1 Å². The Hall–Kier alpha value is -4.33. The standard InChI is InChI=1S/C28H25NO7/c1-6-15(30)12-29-19-11-20(31)16-9-14(3)23(28(36-5)25(16)27(19)34)18-10-21(32)24-17(26(18)33)7-13(2)8-22(24)35-4/h7-11,29H,6,12H2,1-5H3. The summed E-state index contributed by atoms with van der Waals surface area (Å²) >= 11 is 0. The Morgan fingerprint density at radius 2 is 1.56 bits per heavy atom. The highest BCUT2D eigenvalue weighted by molar-refractivity contribution is 6.40. The molecule has 0 saturated carbocycles. The van der Waals surface area contributed by atoms with E-state index in [-0.39, 0.29) is 63.6 Å². The number of benzene rings is 2. The SMILES string of the molecule is CCC(=O)CNC1=CC(=O)c2cc(C)c(C3=CC(=O)c4c(OC)cc(C)cc4C3=O)c(OC)c2C1=O. The van der Waals surface area contributed by atoms with Crippen LogP contribution in [0, 0.1) is 13.8 Å². The molecule has 184 valence electrons. The minimum Gasteiger partial charge on any atom is -0.496 e. The third-order valence-corrected chi connectivity index (χ3v) is 6.31. The minimum atomic E-state index is -0.542. The number of hydrogen-bond donors (Lipinski definition) is 1. The molecule has 0 aromatic heterocycles. The van der Waals surface area contributed by atoms with Crippen molar-refractivity contribution in [2.75, 3.05) is 20.8 Å². The van der Waals surface area contributed by atoms with Gasteiger partial charge in [-0.2, -0.15) is 0 Å². The summed E-state index contributed by atoms with van der Waals surface area (Å²) in [7, 11) is 2.76. The molecule has 2 aromatic rings. The number of nitrogens with one attached hydrogen (secondary N) is 1. The summed E-state index contributed by atoms with van der Waals surface area (Å²) in [5.74, 6) is -1.62. The zero-order valence-electron chi connectivity index (χ0n) is 20.7. The van der Waals surface area contributed by atoms with Gasteiger partial charge in [0.15, 0.2) is 23.1 Å². The van der Waals surface area contributed by atoms with Crippen LogP contribution < -0.4 is 14.8 Å². The molecule has 0 heterocycles. The van der Waals surface area contributed by atoms with E-state index in [1.165, 1.54) is 26.4 Å². The van der Waals surface area contributed by atoms with Gasteiger partial charge in [-0.25, -0.2) is 0 Å². The molecule has 2 aromatic carbocycles. The second-order valence-electron chi connectivity index (χ2n) is 8.66. The van der Waals surface area contributed by atoms with Gasteiger partial charge in [-0.3, -0.25) is 24.0 Å². The van der Waals surface area contributed by atoms with Gasteiger partial charge >= 0.3 is 0 Å². The fourth-order valence-electron chi connectivity index (χ4n) is 4.55. The highest BCUT2D eigenvalue weighted by atomic mass is 16.5. The molecule has 2 aliphatic carbocycles. The lowest BCUT2D eigenvalue weighted by Crippen LogP contribution is -2.31. The fraction of sp³-hybridized carbons (Fsp3) is 0.250. The van der Waals surface area contributed by atoms with Gasteiger partial charge in [-0.05, 0) is 49.2 Å². The number of methoxy groups -OCH3 is 2. The number of Topliss-reactive ketones (excluding diaryl/α,β-unsaturated/α-hetero) is 3. The van der Waals surface area contributed by atoms with Gasteiger partial charge in [0.05, 0.1) is 37.6 Å². The smallest absolute Gasteiger partial charge is 0.213 e. The second kappa shape index (κ2) is 9.37. The average molecular weight is 488 g/mol. The molecular formula is C28H25NO7. The van der Waals surface area contributed by atoms with E-state index in [0.29, 0.717) is 11.3 Å². The van der Waals surface area contributed by atoms with Crippen molar-refractivity contribution in [1.82, 2.24) is 5.32 Å². The number of carbonyl (C=O) groups excluding carboxylic acids is 5. The predicted molar refractivity (Wildman–Crippen MR) is 132 cm³/mol. The van der Waals surface area contributed by atoms with Crippen LogP contribution >= 0.6 is 0 Å². The third kappa shape index (κ3) is 3.94. The Morgan fingerprint density at radius 1 is 0.833 bits per heavy atom. The molecule has 0 aliphatic heterocycles. The number of carbonyl (C=O) groups is 5. The normalized spacial score (nSPS) is 14.6. The zero-order chi connectivity index (χ0) is 26.3. The van der Waals surface area contributed by atoms with Crippen molar-refractivity contribution >= 4 is 34.5 Å². The average Bonchev–Trinajstić information content (AvgIpc) is 2.85. The number of hydrogen-bond acceptors (Lipinski definition) is 8. The van der Waals surface area contributed by atoms with E-state index in [1.807, 2.05) is 0 Å². The third-order valence-electron chi connectivity index (χ3n) is 6.31. The first kappa shape index (κ1) is 24.8. The zero-order valence-corrected chi connectivity index (χ0v) is 20.7. The Kier molecular flexibility index (Phi) is 6.45. The van der Waals surface area contributed by atoms with Gasteiger partial charge in [0.25, 0.3) is 0 Å². The summed E-state index contributed by atoms with van der Waals surface area (Å²) in [5, 5.41) is 2.74. The Labute approximate surface area is 208 Å². The summed E-state index contributed by atoms with van der Waals surface area (Å²) in [5.41, 5.74) is 1.98. The van der Waals surface area contributed by atoms with Crippen molar-refractivity contribution in [2.45, 2.75) is 27.2 Å². The van der Waals surface area contributed by atoms with Gasteiger partial charge in [-0.1, -0.05) is 6.92 Å². The van der Waals surface area contributed by atoms with Crippen LogP contribution in [0.15, 0.2) is 36.0 Å². The second-order valence-corrected chi connectivity index (χ2v) is 8.66. The van der Waals surface area contributed by atoms with Gasteiger partial charge in [-0.15, -0.1) is 0 Å². The van der Waals surface area contributed by atoms with Gasteiger partial charge in [0.2, 0.25) is 5.78 Å². The van der Waals surface area contributed by atoms with Gasteiger partial charge in [0.1, 0.15) is 11.5 Å². The van der Waals surface area contributed by atoms with Crippen LogP contribution in [0.1, 0.15) is 71.5 Å². The fourth-order valence-corrected chi connectivity index (χ4v) is 4.55. The first-order valence-electron chi connectivity index (χ1n) is 11.4. The first-order chi connectivity index (χ1) is 17.1. The molecule has 4 rings (SSSR count). The van der Waals surface area contributed by atoms with Crippen molar-refractivity contribution < 1.29 is 33.4 Å². The molecule has 0 fully saturated rings. The summed E-state index contributed by atoms with van der Waals surface area (Å²) in [6.45, 7) is 5.06. The quantitative estimate of drug-likeness (QED) is 0.630. The maximum absolute atomic E-state index is 13.6. The summed E-state index contributed by atoms with van der Waals surface area (Å²) in [4.78, 5) is 64.8. The van der Waals surface area contributed by atoms with Crippen molar-refractivity contribution in [1.29, 1.82) is 0 Å². The molecule has 8 heteroatoms. The van der Waals surface area contributed by atoms with E-state index in [2.05, 4.69) is 5.32 Å². The van der Waals surface area contributed by atoms with Gasteiger partial charge < -0.3 is 14.8 Å². The van der Waals surface area contributed by atoms with Gasteiger partial charge in [0, 0.05) is 34.8 Å². The molecule has 0 saturated heterocycles. The van der Waals surface area contributed by atoms with E-state index in [0.717, 1.165) is 11.6 Å². The number of aryl methyl sites for hydroxylation is 2. The van der Waals surface area contributed by atoms with Crippen LogP contribution in [0.2, 0.25) is 0 Å². The van der Waals surface area contributed by atoms with Crippen molar-refractivity contribution in [2.24, 2.45) is 0 Å². The lowest BCUT2D eigenvalue weighted by molar-refractivity contribution is -0.117. The molecule has 0 radical (unpaired) electrons. The van der Waals surface area contributed by atoms with E-state index in [9.17, 15) is 24.0 Å². The van der Waals surface area contributed by atoms with Crippen molar-refractivity contribution in [3.05, 3.63) is 75.0 Å². The predicted octanol–water partition coefficient (Wildman–Crippen LogP) is 3.61. The number of rotatable bonds is 7. The molecule has 0 spiro atoms. The van der Waals surface area contributed by atoms with Crippen molar-refractivity contribution in [3.63, 3.8) is 0 Å². The van der Waals surface area contributed by atoms with Crippen LogP contribution in [0.5, 0.6) is 11.5 Å². The van der Waals surface area contributed by atoms with Crippen LogP contribution in [0.3, 0.4) is 0 Å². The molecule has 36 heavy (non-hydrogen) atoms. The highest BCUT2D eigenvalue weighted by Crippen LogP contribution is 2.42. The number of ketones is 5. The van der Waals surface area contributed by atoms with Crippen LogP contribution in [0.25, 0.3) is 5.57 Å². The molecule has 0 atom stereocenters. The maximum Gasteiger partial charge on any atom is 0.213 e. The summed E-state index contributed by atoms with van der Waals surface area (Å²) < 4.78 is 10.9. The molecule has 0 bridgehead atoms. The molecule has 8 nitrogen and oxygen atoms in total. The van der Waals surface area contributed by atoms with E-state index in [1.54, 1.807) is 32.9 Å². The Balaban J connectivity index is 1.88. The monoisotopic (exact) mass is 487 g/mol. The lowest BCUT2D eigenvalue weighted by Gasteiger charge is -2.25. The summed E-state index contributed by atoms with van der Waals surface area (Å²) in [6.07, 6.45) is 2.65. The lowest BCUT2D eigenvalue weighted by atomic mass is 9.80. The minimum absolute atomic E-state index is 0.0213. The van der Waals surface area contributed by atoms with Crippen LogP contribution in [-0.4, -0.2) is 49.7 Å². The maximum atomic E-state index is 13.6.